The molecular formula is C11H17BrN2O. The first-order valence-corrected chi connectivity index (χ1v) is 5.73. The van der Waals surface area contributed by atoms with Gasteiger partial charge in [0, 0.05) is 22.8 Å². The van der Waals surface area contributed by atoms with Crippen molar-refractivity contribution < 1.29 is 5.11 Å². The molecular weight excluding hydrogens is 256 g/mol. The second-order valence-electron chi connectivity index (χ2n) is 4.52. The summed E-state index contributed by atoms with van der Waals surface area (Å²) in [5, 5.41) is 13.1. The van der Waals surface area contributed by atoms with Crippen LogP contribution in [0.25, 0.3) is 0 Å². The molecule has 2 N–H and O–H groups in total. The second kappa shape index (κ2) is 5.05. The van der Waals surface area contributed by atoms with Crippen LogP contribution in [-0.4, -0.2) is 22.2 Å². The fourth-order valence-electron chi connectivity index (χ4n) is 1.14. The summed E-state index contributed by atoms with van der Waals surface area (Å²) in [6.45, 7) is 6.69. The lowest BCUT2D eigenvalue weighted by molar-refractivity contribution is 0.158. The predicted octanol–water partition coefficient (Wildman–Crippen LogP) is 2.27. The van der Waals surface area contributed by atoms with E-state index in [9.17, 15) is 5.11 Å². The highest BCUT2D eigenvalue weighted by atomic mass is 79.9. The molecule has 0 saturated carbocycles. The normalized spacial score (nSPS) is 13.9. The second-order valence-corrected chi connectivity index (χ2v) is 5.37. The third-order valence-corrected chi connectivity index (χ3v) is 2.60. The molecule has 1 heterocycles. The molecule has 1 aromatic heterocycles. The van der Waals surface area contributed by atoms with Gasteiger partial charge in [0.05, 0.1) is 5.69 Å². The SMILES string of the molecule is CC(C)(C)NC[C@H](O)c1ncccc1Br. The van der Waals surface area contributed by atoms with E-state index in [0.717, 1.165) is 4.47 Å². The first kappa shape index (κ1) is 12.6. The van der Waals surface area contributed by atoms with E-state index in [-0.39, 0.29) is 5.54 Å². The number of hydrogen-bond acceptors (Lipinski definition) is 3. The molecule has 1 aromatic rings. The van der Waals surface area contributed by atoms with Gasteiger partial charge in [0.25, 0.3) is 0 Å². The molecule has 1 rings (SSSR count). The predicted molar refractivity (Wildman–Crippen MR) is 64.7 cm³/mol. The van der Waals surface area contributed by atoms with Crippen molar-refractivity contribution in [2.45, 2.75) is 32.4 Å². The molecule has 0 spiro atoms. The highest BCUT2D eigenvalue weighted by Crippen LogP contribution is 2.20. The number of nitrogens with one attached hydrogen (secondary N) is 1. The molecule has 0 unspecified atom stereocenters. The van der Waals surface area contributed by atoms with Gasteiger partial charge in [0.2, 0.25) is 0 Å². The number of pyridine rings is 1. The summed E-state index contributed by atoms with van der Waals surface area (Å²) in [6, 6.07) is 3.71. The van der Waals surface area contributed by atoms with Gasteiger partial charge in [-0.2, -0.15) is 0 Å². The van der Waals surface area contributed by atoms with Gasteiger partial charge in [-0.3, -0.25) is 4.98 Å². The Bertz CT molecular complexity index is 323. The molecule has 84 valence electrons. The molecule has 0 aliphatic heterocycles. The third kappa shape index (κ3) is 4.28. The van der Waals surface area contributed by atoms with Crippen LogP contribution in [0.4, 0.5) is 0 Å². The van der Waals surface area contributed by atoms with E-state index >= 15 is 0 Å². The van der Waals surface area contributed by atoms with Crippen molar-refractivity contribution in [1.29, 1.82) is 0 Å². The van der Waals surface area contributed by atoms with Crippen LogP contribution in [0.3, 0.4) is 0 Å². The van der Waals surface area contributed by atoms with Gasteiger partial charge in [-0.15, -0.1) is 0 Å². The van der Waals surface area contributed by atoms with Crippen molar-refractivity contribution >= 4 is 15.9 Å². The smallest absolute Gasteiger partial charge is 0.109 e. The van der Waals surface area contributed by atoms with Gasteiger partial charge >= 0.3 is 0 Å². The van der Waals surface area contributed by atoms with Crippen molar-refractivity contribution in [1.82, 2.24) is 10.3 Å². The summed E-state index contributed by atoms with van der Waals surface area (Å²) in [7, 11) is 0. The number of halogens is 1. The molecule has 0 fully saturated rings. The van der Waals surface area contributed by atoms with Gasteiger partial charge in [0.1, 0.15) is 6.10 Å². The zero-order valence-electron chi connectivity index (χ0n) is 9.29. The maximum Gasteiger partial charge on any atom is 0.109 e. The topological polar surface area (TPSA) is 45.1 Å². The zero-order chi connectivity index (χ0) is 11.5. The van der Waals surface area contributed by atoms with E-state index in [0.29, 0.717) is 12.2 Å². The number of β-amino-alcohol motifs (C(OH)–C–C–N with tert-alkyl or cyclic N) is 1. The van der Waals surface area contributed by atoms with Crippen LogP contribution >= 0.6 is 15.9 Å². The molecule has 0 amide bonds. The zero-order valence-corrected chi connectivity index (χ0v) is 10.9. The van der Waals surface area contributed by atoms with Crippen LogP contribution in [-0.2, 0) is 0 Å². The van der Waals surface area contributed by atoms with Crippen LogP contribution in [0.1, 0.15) is 32.6 Å². The van der Waals surface area contributed by atoms with E-state index in [1.54, 1.807) is 6.20 Å². The summed E-state index contributed by atoms with van der Waals surface area (Å²) >= 11 is 3.37. The molecule has 15 heavy (non-hydrogen) atoms. The minimum atomic E-state index is -0.584. The van der Waals surface area contributed by atoms with Crippen molar-refractivity contribution in [3.8, 4) is 0 Å². The summed E-state index contributed by atoms with van der Waals surface area (Å²) in [5.41, 5.74) is 0.677. The van der Waals surface area contributed by atoms with Gasteiger partial charge in [-0.25, -0.2) is 0 Å². The average molecular weight is 273 g/mol. The fourth-order valence-corrected chi connectivity index (χ4v) is 1.66. The summed E-state index contributed by atoms with van der Waals surface area (Å²) in [4.78, 5) is 4.14. The van der Waals surface area contributed by atoms with Crippen molar-refractivity contribution in [3.63, 3.8) is 0 Å². The molecule has 0 aliphatic carbocycles. The molecule has 3 nitrogen and oxygen atoms in total. The third-order valence-electron chi connectivity index (χ3n) is 1.93. The quantitative estimate of drug-likeness (QED) is 0.888. The molecule has 1 atom stereocenters. The molecule has 0 bridgehead atoms. The molecule has 0 aliphatic rings. The molecule has 0 saturated heterocycles. The van der Waals surface area contributed by atoms with Crippen LogP contribution < -0.4 is 5.32 Å². The number of rotatable bonds is 3. The number of aliphatic hydroxyl groups excluding tert-OH is 1. The van der Waals surface area contributed by atoms with E-state index in [1.165, 1.54) is 0 Å². The van der Waals surface area contributed by atoms with Crippen LogP contribution in [0, 0.1) is 0 Å². The Hall–Kier alpha value is -0.450. The van der Waals surface area contributed by atoms with E-state index < -0.39 is 6.10 Å². The lowest BCUT2D eigenvalue weighted by atomic mass is 10.1. The Morgan fingerprint density at radius 2 is 2.20 bits per heavy atom. The Morgan fingerprint density at radius 3 is 2.73 bits per heavy atom. The highest BCUT2D eigenvalue weighted by molar-refractivity contribution is 9.10. The largest absolute Gasteiger partial charge is 0.385 e. The minimum absolute atomic E-state index is 0.00222. The van der Waals surface area contributed by atoms with Gasteiger partial charge in [0.15, 0.2) is 0 Å². The Labute approximate surface area is 99.1 Å². The average Bonchev–Trinajstić information content (AvgIpc) is 2.14. The summed E-state index contributed by atoms with van der Waals surface area (Å²) < 4.78 is 0.841. The van der Waals surface area contributed by atoms with Crippen molar-refractivity contribution in [2.24, 2.45) is 0 Å². The van der Waals surface area contributed by atoms with Crippen molar-refractivity contribution in [3.05, 3.63) is 28.5 Å². The Morgan fingerprint density at radius 1 is 1.53 bits per heavy atom. The van der Waals surface area contributed by atoms with E-state index in [1.807, 2.05) is 12.1 Å². The summed E-state index contributed by atoms with van der Waals surface area (Å²) in [5.74, 6) is 0. The lowest BCUT2D eigenvalue weighted by Gasteiger charge is -2.22. The fraction of sp³-hybridized carbons (Fsp3) is 0.545. The lowest BCUT2D eigenvalue weighted by Crippen LogP contribution is -2.38. The summed E-state index contributed by atoms with van der Waals surface area (Å²) in [6.07, 6.45) is 1.10. The first-order valence-electron chi connectivity index (χ1n) is 4.93. The van der Waals surface area contributed by atoms with Gasteiger partial charge in [-0.05, 0) is 48.8 Å². The standard InChI is InChI=1S/C11H17BrN2O/c1-11(2,3)14-7-9(15)10-8(12)5-4-6-13-10/h4-6,9,14-15H,7H2,1-3H3/t9-/m0/s1. The molecule has 0 radical (unpaired) electrons. The number of aliphatic hydroxyl groups is 1. The van der Waals surface area contributed by atoms with Crippen LogP contribution in [0.5, 0.6) is 0 Å². The Kier molecular flexibility index (Phi) is 4.25. The molecule has 0 aromatic carbocycles. The van der Waals surface area contributed by atoms with Gasteiger partial charge < -0.3 is 10.4 Å². The first-order chi connectivity index (χ1) is 6.90. The Balaban J connectivity index is 2.62. The monoisotopic (exact) mass is 272 g/mol. The number of nitrogens with zero attached hydrogens (tertiary/aromatic N) is 1. The number of aromatic nitrogens is 1. The van der Waals surface area contributed by atoms with Crippen molar-refractivity contribution in [2.75, 3.05) is 6.54 Å². The van der Waals surface area contributed by atoms with Gasteiger partial charge in [-0.1, -0.05) is 0 Å². The minimum Gasteiger partial charge on any atom is -0.385 e. The highest BCUT2D eigenvalue weighted by Gasteiger charge is 2.16. The number of hydrogen-bond donors (Lipinski definition) is 2. The van der Waals surface area contributed by atoms with E-state index in [2.05, 4.69) is 47.0 Å². The maximum atomic E-state index is 9.91. The van der Waals surface area contributed by atoms with Crippen LogP contribution in [0.2, 0.25) is 0 Å². The maximum absolute atomic E-state index is 9.91. The van der Waals surface area contributed by atoms with E-state index in [4.69, 9.17) is 0 Å². The molecule has 4 heteroatoms. The van der Waals surface area contributed by atoms with Crippen LogP contribution in [0.15, 0.2) is 22.8 Å².